The predicted octanol–water partition coefficient (Wildman–Crippen LogP) is 2.04. The molecule has 1 aliphatic rings. The Bertz CT molecular complexity index is 607. The van der Waals surface area contributed by atoms with E-state index in [1.165, 1.54) is 4.57 Å². The van der Waals surface area contributed by atoms with Crippen molar-refractivity contribution in [2.24, 2.45) is 5.92 Å². The van der Waals surface area contributed by atoms with Gasteiger partial charge in [-0.1, -0.05) is 0 Å². The van der Waals surface area contributed by atoms with E-state index in [1.54, 1.807) is 17.5 Å². The Balaban J connectivity index is 1.99. The molecule has 1 aliphatic carbocycles. The molecule has 1 saturated carbocycles. The zero-order chi connectivity index (χ0) is 11.1. The maximum atomic E-state index is 12.0. The van der Waals surface area contributed by atoms with Crippen LogP contribution < -0.4 is 5.56 Å². The lowest BCUT2D eigenvalue weighted by Gasteiger charge is -2.03. The van der Waals surface area contributed by atoms with Gasteiger partial charge < -0.3 is 4.57 Å². The Morgan fingerprint density at radius 1 is 1.44 bits per heavy atom. The standard InChI is InChI=1S/C12H11NO2S/c14-10(8-1-2-8)7-13-5-3-11-9(12(13)15)4-6-16-11/h3-6,8H,1-2,7H2. The van der Waals surface area contributed by atoms with E-state index in [0.29, 0.717) is 0 Å². The van der Waals surface area contributed by atoms with Crippen molar-refractivity contribution in [1.82, 2.24) is 4.57 Å². The summed E-state index contributed by atoms with van der Waals surface area (Å²) in [5.41, 5.74) is -0.0484. The summed E-state index contributed by atoms with van der Waals surface area (Å²) in [7, 11) is 0. The van der Waals surface area contributed by atoms with Crippen molar-refractivity contribution >= 4 is 27.2 Å². The average molecular weight is 233 g/mol. The molecular weight excluding hydrogens is 222 g/mol. The first-order valence-electron chi connectivity index (χ1n) is 5.35. The van der Waals surface area contributed by atoms with Crippen LogP contribution in [0.3, 0.4) is 0 Å². The van der Waals surface area contributed by atoms with Crippen LogP contribution in [0.15, 0.2) is 28.5 Å². The van der Waals surface area contributed by atoms with Crippen molar-refractivity contribution in [3.05, 3.63) is 34.1 Å². The van der Waals surface area contributed by atoms with E-state index in [1.807, 2.05) is 17.5 Å². The zero-order valence-electron chi connectivity index (χ0n) is 8.68. The highest BCUT2D eigenvalue weighted by Crippen LogP contribution is 2.30. The summed E-state index contributed by atoms with van der Waals surface area (Å²) in [6.07, 6.45) is 3.71. The van der Waals surface area contributed by atoms with Crippen LogP contribution in [0.4, 0.5) is 0 Å². The molecule has 0 N–H and O–H groups in total. The first kappa shape index (κ1) is 9.78. The minimum Gasteiger partial charge on any atom is -0.307 e. The van der Waals surface area contributed by atoms with Crippen molar-refractivity contribution in [2.75, 3.05) is 0 Å². The Morgan fingerprint density at radius 2 is 2.25 bits per heavy atom. The molecule has 2 heterocycles. The number of nitrogens with zero attached hydrogens (tertiary/aromatic N) is 1. The molecular formula is C12H11NO2S. The lowest BCUT2D eigenvalue weighted by molar-refractivity contribution is -0.120. The summed E-state index contributed by atoms with van der Waals surface area (Å²) >= 11 is 1.55. The molecule has 2 aromatic heterocycles. The van der Waals surface area contributed by atoms with Gasteiger partial charge in [0, 0.05) is 16.8 Å². The second kappa shape index (κ2) is 3.56. The van der Waals surface area contributed by atoms with E-state index in [0.717, 1.165) is 22.9 Å². The molecule has 0 amide bonds. The first-order chi connectivity index (χ1) is 7.75. The van der Waals surface area contributed by atoms with Gasteiger partial charge in [-0.15, -0.1) is 11.3 Å². The van der Waals surface area contributed by atoms with Gasteiger partial charge in [-0.05, 0) is 30.4 Å². The van der Waals surface area contributed by atoms with Gasteiger partial charge in [-0.2, -0.15) is 0 Å². The topological polar surface area (TPSA) is 39.1 Å². The van der Waals surface area contributed by atoms with Crippen molar-refractivity contribution in [3.63, 3.8) is 0 Å². The number of hydrogen-bond acceptors (Lipinski definition) is 3. The number of rotatable bonds is 3. The van der Waals surface area contributed by atoms with Crippen LogP contribution in [0.1, 0.15) is 12.8 Å². The molecule has 1 fully saturated rings. The van der Waals surface area contributed by atoms with Crippen LogP contribution in [-0.2, 0) is 11.3 Å². The number of carbonyl (C=O) groups is 1. The van der Waals surface area contributed by atoms with E-state index in [-0.39, 0.29) is 23.8 Å². The summed E-state index contributed by atoms with van der Waals surface area (Å²) in [5, 5.41) is 2.62. The van der Waals surface area contributed by atoms with E-state index >= 15 is 0 Å². The highest BCUT2D eigenvalue weighted by molar-refractivity contribution is 7.17. The summed E-state index contributed by atoms with van der Waals surface area (Å²) in [5.74, 6) is 0.404. The summed E-state index contributed by atoms with van der Waals surface area (Å²) in [6.45, 7) is 0.231. The van der Waals surface area contributed by atoms with E-state index in [9.17, 15) is 9.59 Å². The fourth-order valence-electron chi connectivity index (χ4n) is 1.83. The minimum atomic E-state index is -0.0484. The molecule has 3 nitrogen and oxygen atoms in total. The maximum absolute atomic E-state index is 12.0. The molecule has 0 aromatic carbocycles. The third kappa shape index (κ3) is 1.59. The van der Waals surface area contributed by atoms with Gasteiger partial charge in [0.25, 0.3) is 5.56 Å². The van der Waals surface area contributed by atoms with Gasteiger partial charge in [0.15, 0.2) is 5.78 Å². The van der Waals surface area contributed by atoms with Gasteiger partial charge >= 0.3 is 0 Å². The van der Waals surface area contributed by atoms with E-state index < -0.39 is 0 Å². The van der Waals surface area contributed by atoms with Crippen molar-refractivity contribution in [3.8, 4) is 0 Å². The normalized spacial score (nSPS) is 15.5. The molecule has 0 atom stereocenters. The number of hydrogen-bond donors (Lipinski definition) is 0. The highest BCUT2D eigenvalue weighted by atomic mass is 32.1. The summed E-state index contributed by atoms with van der Waals surface area (Å²) in [6, 6.07) is 3.72. The third-order valence-electron chi connectivity index (χ3n) is 2.95. The molecule has 2 aromatic rings. The van der Waals surface area contributed by atoms with Crippen LogP contribution >= 0.6 is 11.3 Å². The fourth-order valence-corrected chi connectivity index (χ4v) is 2.61. The second-order valence-corrected chi connectivity index (χ2v) is 5.14. The summed E-state index contributed by atoms with van der Waals surface area (Å²) in [4.78, 5) is 23.6. The predicted molar refractivity (Wildman–Crippen MR) is 63.8 cm³/mol. The largest absolute Gasteiger partial charge is 0.307 e. The van der Waals surface area contributed by atoms with Gasteiger partial charge in [0.1, 0.15) is 0 Å². The van der Waals surface area contributed by atoms with E-state index in [2.05, 4.69) is 0 Å². The molecule has 0 aliphatic heterocycles. The van der Waals surface area contributed by atoms with Crippen LogP contribution in [0.5, 0.6) is 0 Å². The number of Topliss-reactive ketones (excluding diaryl/α,β-unsaturated/α-hetero) is 1. The highest BCUT2D eigenvalue weighted by Gasteiger charge is 2.29. The van der Waals surface area contributed by atoms with Gasteiger partial charge in [0.05, 0.1) is 11.9 Å². The molecule has 0 bridgehead atoms. The van der Waals surface area contributed by atoms with Gasteiger partial charge in [-0.3, -0.25) is 9.59 Å². The SMILES string of the molecule is O=C(Cn1ccc2sccc2c1=O)C1CC1. The van der Waals surface area contributed by atoms with Crippen LogP contribution in [0.2, 0.25) is 0 Å². The van der Waals surface area contributed by atoms with Gasteiger partial charge in [-0.25, -0.2) is 0 Å². The number of aromatic nitrogens is 1. The second-order valence-electron chi connectivity index (χ2n) is 4.19. The molecule has 4 heteroatoms. The number of thiophene rings is 1. The molecule has 0 radical (unpaired) electrons. The van der Waals surface area contributed by atoms with Crippen LogP contribution in [-0.4, -0.2) is 10.4 Å². The molecule has 82 valence electrons. The molecule has 16 heavy (non-hydrogen) atoms. The number of pyridine rings is 1. The molecule has 0 unspecified atom stereocenters. The Hall–Kier alpha value is -1.42. The number of fused-ring (bicyclic) bond motifs is 1. The lowest BCUT2D eigenvalue weighted by Crippen LogP contribution is -2.23. The number of ketones is 1. The lowest BCUT2D eigenvalue weighted by atomic mass is 10.2. The van der Waals surface area contributed by atoms with Crippen molar-refractivity contribution in [1.29, 1.82) is 0 Å². The zero-order valence-corrected chi connectivity index (χ0v) is 9.50. The Kier molecular flexibility index (Phi) is 2.17. The monoisotopic (exact) mass is 233 g/mol. The van der Waals surface area contributed by atoms with E-state index in [4.69, 9.17) is 0 Å². The first-order valence-corrected chi connectivity index (χ1v) is 6.23. The third-order valence-corrected chi connectivity index (χ3v) is 3.83. The molecule has 3 rings (SSSR count). The van der Waals surface area contributed by atoms with Crippen LogP contribution in [0, 0.1) is 5.92 Å². The van der Waals surface area contributed by atoms with Crippen molar-refractivity contribution < 1.29 is 4.79 Å². The van der Waals surface area contributed by atoms with Crippen LogP contribution in [0.25, 0.3) is 10.1 Å². The molecule has 0 spiro atoms. The maximum Gasteiger partial charge on any atom is 0.259 e. The molecule has 0 saturated heterocycles. The Labute approximate surface area is 96.3 Å². The smallest absolute Gasteiger partial charge is 0.259 e. The van der Waals surface area contributed by atoms with Crippen molar-refractivity contribution in [2.45, 2.75) is 19.4 Å². The quantitative estimate of drug-likeness (QED) is 0.813. The number of carbonyl (C=O) groups excluding carboxylic acids is 1. The average Bonchev–Trinajstić information content (AvgIpc) is 3.01. The Morgan fingerprint density at radius 3 is 3.00 bits per heavy atom. The summed E-state index contributed by atoms with van der Waals surface area (Å²) < 4.78 is 2.51. The minimum absolute atomic E-state index is 0.0484. The fraction of sp³-hybridized carbons (Fsp3) is 0.333. The van der Waals surface area contributed by atoms with Gasteiger partial charge in [0.2, 0.25) is 0 Å².